The lowest BCUT2D eigenvalue weighted by Crippen LogP contribution is -2.49. The first kappa shape index (κ1) is 15.6. The van der Waals surface area contributed by atoms with E-state index in [4.69, 9.17) is 16.3 Å². The Morgan fingerprint density at radius 1 is 1.60 bits per heavy atom. The summed E-state index contributed by atoms with van der Waals surface area (Å²) >= 11 is 9.18. The van der Waals surface area contributed by atoms with Crippen molar-refractivity contribution < 1.29 is 14.6 Å². The van der Waals surface area contributed by atoms with Crippen LogP contribution in [0.3, 0.4) is 0 Å². The zero-order valence-electron chi connectivity index (χ0n) is 11.2. The Kier molecular flexibility index (Phi) is 4.94. The van der Waals surface area contributed by atoms with E-state index in [9.17, 15) is 9.90 Å². The minimum absolute atomic E-state index is 0.0453. The fourth-order valence-corrected chi connectivity index (χ4v) is 3.05. The average molecular weight is 363 g/mol. The first-order valence-electron chi connectivity index (χ1n) is 6.45. The Morgan fingerprint density at radius 3 is 3.00 bits per heavy atom. The maximum absolute atomic E-state index is 12.1. The summed E-state index contributed by atoms with van der Waals surface area (Å²) in [5.74, 6) is 0.457. The smallest absolute Gasteiger partial charge is 0.260 e. The third-order valence-corrected chi connectivity index (χ3v) is 4.13. The highest BCUT2D eigenvalue weighted by Gasteiger charge is 2.30. The number of aliphatic hydroxyl groups is 1. The fraction of sp³-hybridized carbons (Fsp3) is 0.500. The van der Waals surface area contributed by atoms with Crippen molar-refractivity contribution in [3.05, 3.63) is 27.7 Å². The second-order valence-electron chi connectivity index (χ2n) is 5.28. The second kappa shape index (κ2) is 6.33. The van der Waals surface area contributed by atoms with Crippen LogP contribution >= 0.6 is 27.5 Å². The van der Waals surface area contributed by atoms with Gasteiger partial charge in [-0.2, -0.15) is 0 Å². The molecule has 1 aromatic carbocycles. The molecule has 20 heavy (non-hydrogen) atoms. The van der Waals surface area contributed by atoms with E-state index in [2.05, 4.69) is 15.9 Å². The Balaban J connectivity index is 1.92. The second-order valence-corrected chi connectivity index (χ2v) is 6.57. The van der Waals surface area contributed by atoms with E-state index in [1.807, 2.05) is 0 Å². The molecule has 1 atom stereocenters. The number of β-amino-alcohol motifs (C(OH)–C–C–N with tert-alkyl or cyclic N) is 1. The predicted octanol–water partition coefficient (Wildman–Crippen LogP) is 2.85. The number of carbonyl (C=O) groups excluding carboxylic acids is 1. The highest BCUT2D eigenvalue weighted by Crippen LogP contribution is 2.28. The maximum Gasteiger partial charge on any atom is 0.260 e. The topological polar surface area (TPSA) is 49.8 Å². The summed E-state index contributed by atoms with van der Waals surface area (Å²) in [6.07, 6.45) is 1.53. The van der Waals surface area contributed by atoms with Crippen molar-refractivity contribution in [2.24, 2.45) is 0 Å². The Hall–Kier alpha value is -0.780. The van der Waals surface area contributed by atoms with Gasteiger partial charge in [0.1, 0.15) is 5.75 Å². The van der Waals surface area contributed by atoms with Crippen molar-refractivity contribution >= 4 is 33.4 Å². The SMILES string of the molecule is CC1(O)CCCN(C(=O)COc2ccc(Cl)cc2Br)C1. The minimum atomic E-state index is -0.797. The molecular weight excluding hydrogens is 346 g/mol. The van der Waals surface area contributed by atoms with Crippen molar-refractivity contribution in [3.8, 4) is 5.75 Å². The van der Waals surface area contributed by atoms with E-state index in [0.717, 1.165) is 12.8 Å². The first-order chi connectivity index (χ1) is 9.37. The van der Waals surface area contributed by atoms with Crippen molar-refractivity contribution in [2.45, 2.75) is 25.4 Å². The van der Waals surface area contributed by atoms with Crippen molar-refractivity contribution in [1.82, 2.24) is 4.90 Å². The number of likely N-dealkylation sites (tertiary alicyclic amines) is 1. The number of ether oxygens (including phenoxy) is 1. The molecule has 0 saturated carbocycles. The van der Waals surface area contributed by atoms with Crippen LogP contribution in [-0.2, 0) is 4.79 Å². The molecule has 4 nitrogen and oxygen atoms in total. The van der Waals surface area contributed by atoms with E-state index < -0.39 is 5.60 Å². The van der Waals surface area contributed by atoms with Gasteiger partial charge in [0.15, 0.2) is 6.61 Å². The zero-order chi connectivity index (χ0) is 14.8. The lowest BCUT2D eigenvalue weighted by Gasteiger charge is -2.36. The van der Waals surface area contributed by atoms with Gasteiger partial charge in [0, 0.05) is 18.1 Å². The van der Waals surface area contributed by atoms with Crippen LogP contribution in [0.4, 0.5) is 0 Å². The summed E-state index contributed by atoms with van der Waals surface area (Å²) in [6, 6.07) is 5.14. The lowest BCUT2D eigenvalue weighted by atomic mass is 9.95. The molecule has 1 aromatic rings. The number of piperidine rings is 1. The van der Waals surface area contributed by atoms with Gasteiger partial charge in [-0.1, -0.05) is 11.6 Å². The molecule has 1 unspecified atom stereocenters. The van der Waals surface area contributed by atoms with Gasteiger partial charge in [0.25, 0.3) is 5.91 Å². The lowest BCUT2D eigenvalue weighted by molar-refractivity contribution is -0.139. The molecule has 1 heterocycles. The number of benzene rings is 1. The van der Waals surface area contributed by atoms with Crippen LogP contribution in [-0.4, -0.2) is 41.2 Å². The number of hydrogen-bond acceptors (Lipinski definition) is 3. The number of amides is 1. The molecule has 1 saturated heterocycles. The van der Waals surface area contributed by atoms with E-state index >= 15 is 0 Å². The molecule has 1 aliphatic heterocycles. The van der Waals surface area contributed by atoms with E-state index in [-0.39, 0.29) is 12.5 Å². The molecule has 110 valence electrons. The molecule has 1 aliphatic rings. The summed E-state index contributed by atoms with van der Waals surface area (Å²) in [5, 5.41) is 10.6. The van der Waals surface area contributed by atoms with E-state index in [0.29, 0.717) is 28.3 Å². The molecule has 1 amide bonds. The molecule has 6 heteroatoms. The maximum atomic E-state index is 12.1. The largest absolute Gasteiger partial charge is 0.483 e. The number of nitrogens with zero attached hydrogens (tertiary/aromatic N) is 1. The van der Waals surface area contributed by atoms with Gasteiger partial charge in [0.2, 0.25) is 0 Å². The number of halogens is 2. The molecule has 0 radical (unpaired) electrons. The number of hydrogen-bond donors (Lipinski definition) is 1. The summed E-state index contributed by atoms with van der Waals surface area (Å²) in [7, 11) is 0. The number of carbonyl (C=O) groups is 1. The number of rotatable bonds is 3. The third-order valence-electron chi connectivity index (χ3n) is 3.27. The van der Waals surface area contributed by atoms with Gasteiger partial charge < -0.3 is 14.7 Å². The van der Waals surface area contributed by atoms with Crippen LogP contribution in [0.5, 0.6) is 5.75 Å². The summed E-state index contributed by atoms with van der Waals surface area (Å²) in [6.45, 7) is 2.73. The summed E-state index contributed by atoms with van der Waals surface area (Å²) in [4.78, 5) is 13.7. The molecule has 0 aliphatic carbocycles. The normalized spacial score (nSPS) is 22.7. The van der Waals surface area contributed by atoms with Crippen LogP contribution in [0.2, 0.25) is 5.02 Å². The quantitative estimate of drug-likeness (QED) is 0.899. The minimum Gasteiger partial charge on any atom is -0.483 e. The van der Waals surface area contributed by atoms with Gasteiger partial charge in [-0.25, -0.2) is 0 Å². The summed E-state index contributed by atoms with van der Waals surface area (Å²) < 4.78 is 6.21. The van der Waals surface area contributed by atoms with Gasteiger partial charge in [0.05, 0.1) is 10.1 Å². The predicted molar refractivity (Wildman–Crippen MR) is 81.1 cm³/mol. The van der Waals surface area contributed by atoms with Crippen LogP contribution < -0.4 is 4.74 Å². The molecular formula is C14H17BrClNO3. The molecule has 1 N–H and O–H groups in total. The monoisotopic (exact) mass is 361 g/mol. The molecule has 0 spiro atoms. The Bertz CT molecular complexity index is 507. The molecule has 1 fully saturated rings. The van der Waals surface area contributed by atoms with Crippen molar-refractivity contribution in [1.29, 1.82) is 0 Å². The van der Waals surface area contributed by atoms with Crippen LogP contribution in [0.1, 0.15) is 19.8 Å². The van der Waals surface area contributed by atoms with Gasteiger partial charge in [-0.05, 0) is 53.9 Å². The van der Waals surface area contributed by atoms with Crippen molar-refractivity contribution in [3.63, 3.8) is 0 Å². The Labute approximate surface area is 131 Å². The van der Waals surface area contributed by atoms with Gasteiger partial charge in [-0.3, -0.25) is 4.79 Å². The van der Waals surface area contributed by atoms with Gasteiger partial charge in [-0.15, -0.1) is 0 Å². The zero-order valence-corrected chi connectivity index (χ0v) is 13.6. The highest BCUT2D eigenvalue weighted by atomic mass is 79.9. The van der Waals surface area contributed by atoms with Crippen LogP contribution in [0.25, 0.3) is 0 Å². The average Bonchev–Trinajstić information content (AvgIpc) is 2.36. The third kappa shape index (κ3) is 4.11. The molecule has 0 aromatic heterocycles. The molecule has 2 rings (SSSR count). The van der Waals surface area contributed by atoms with E-state index in [1.54, 1.807) is 30.0 Å². The van der Waals surface area contributed by atoms with Gasteiger partial charge >= 0.3 is 0 Å². The van der Waals surface area contributed by atoms with E-state index in [1.165, 1.54) is 0 Å². The van der Waals surface area contributed by atoms with Crippen LogP contribution in [0.15, 0.2) is 22.7 Å². The summed E-state index contributed by atoms with van der Waals surface area (Å²) in [5.41, 5.74) is -0.797. The van der Waals surface area contributed by atoms with Crippen molar-refractivity contribution in [2.75, 3.05) is 19.7 Å². The first-order valence-corrected chi connectivity index (χ1v) is 7.62. The highest BCUT2D eigenvalue weighted by molar-refractivity contribution is 9.10. The van der Waals surface area contributed by atoms with Crippen LogP contribution in [0, 0.1) is 0 Å². The standard InChI is InChI=1S/C14H17BrClNO3/c1-14(19)5-2-6-17(9-14)13(18)8-20-12-4-3-10(16)7-11(12)15/h3-4,7,19H,2,5-6,8-9H2,1H3. The molecule has 0 bridgehead atoms. The Morgan fingerprint density at radius 2 is 2.35 bits per heavy atom. The fourth-order valence-electron chi connectivity index (χ4n) is 2.26.